The summed E-state index contributed by atoms with van der Waals surface area (Å²) in [5.41, 5.74) is 2.55. The van der Waals surface area contributed by atoms with E-state index in [1.807, 2.05) is 19.1 Å². The molecule has 1 saturated heterocycles. The van der Waals surface area contributed by atoms with E-state index in [-0.39, 0.29) is 18.1 Å². The van der Waals surface area contributed by atoms with Crippen LogP contribution < -0.4 is 10.6 Å². The molecule has 0 spiro atoms. The molecule has 2 aliphatic rings. The van der Waals surface area contributed by atoms with Crippen LogP contribution in [-0.4, -0.2) is 60.5 Å². The van der Waals surface area contributed by atoms with Gasteiger partial charge in [-0.15, -0.1) is 0 Å². The van der Waals surface area contributed by atoms with Crippen molar-refractivity contribution in [2.24, 2.45) is 0 Å². The molecular weight excluding hydrogens is 330 g/mol. The Kier molecular flexibility index (Phi) is 6.64. The minimum Gasteiger partial charge on any atom is -0.368 e. The van der Waals surface area contributed by atoms with E-state index in [4.69, 9.17) is 4.74 Å². The third kappa shape index (κ3) is 5.04. The summed E-state index contributed by atoms with van der Waals surface area (Å²) in [4.78, 5) is 14.7. The van der Waals surface area contributed by atoms with Gasteiger partial charge in [0.15, 0.2) is 6.29 Å². The number of nitrogens with zero attached hydrogens (tertiary/aromatic N) is 1. The molecule has 144 valence electrons. The first-order chi connectivity index (χ1) is 12.5. The Morgan fingerprint density at radius 1 is 1.35 bits per heavy atom. The summed E-state index contributed by atoms with van der Waals surface area (Å²) in [6.07, 6.45) is 2.66. The Morgan fingerprint density at radius 3 is 2.88 bits per heavy atom. The van der Waals surface area contributed by atoms with Crippen LogP contribution in [0, 0.1) is 0 Å². The number of hydrogen-bond acceptors (Lipinski definition) is 5. The summed E-state index contributed by atoms with van der Waals surface area (Å²) in [6, 6.07) is 8.48. The van der Waals surface area contributed by atoms with Gasteiger partial charge in [0.25, 0.3) is 0 Å². The van der Waals surface area contributed by atoms with Gasteiger partial charge in [-0.1, -0.05) is 24.3 Å². The number of nitrogens with one attached hydrogen (secondary N) is 2. The topological polar surface area (TPSA) is 73.8 Å². The van der Waals surface area contributed by atoms with Crippen LogP contribution in [0.1, 0.15) is 37.3 Å². The molecule has 4 atom stereocenters. The Morgan fingerprint density at radius 2 is 2.12 bits per heavy atom. The van der Waals surface area contributed by atoms with Crippen LogP contribution in [-0.2, 0) is 22.5 Å². The second kappa shape index (κ2) is 8.95. The monoisotopic (exact) mass is 361 g/mol. The molecule has 3 rings (SSSR count). The maximum absolute atomic E-state index is 12.4. The molecule has 0 unspecified atom stereocenters. The highest BCUT2D eigenvalue weighted by molar-refractivity contribution is 5.82. The molecule has 0 bridgehead atoms. The fourth-order valence-corrected chi connectivity index (χ4v) is 3.94. The van der Waals surface area contributed by atoms with Crippen LogP contribution in [0.2, 0.25) is 0 Å². The Balaban J connectivity index is 1.36. The lowest BCUT2D eigenvalue weighted by molar-refractivity contribution is -0.173. The first-order valence-corrected chi connectivity index (χ1v) is 9.64. The summed E-state index contributed by atoms with van der Waals surface area (Å²) in [6.45, 7) is 4.32. The number of benzene rings is 1. The molecule has 6 nitrogen and oxygen atoms in total. The quantitative estimate of drug-likeness (QED) is 0.660. The molecule has 1 aromatic rings. The number of carbonyl (C=O) groups is 1. The van der Waals surface area contributed by atoms with Crippen molar-refractivity contribution in [3.63, 3.8) is 0 Å². The van der Waals surface area contributed by atoms with E-state index in [0.717, 1.165) is 32.4 Å². The fraction of sp³-hybridized carbons (Fsp3) is 0.650. The fourth-order valence-electron chi connectivity index (χ4n) is 3.94. The van der Waals surface area contributed by atoms with E-state index in [1.54, 1.807) is 0 Å². The maximum Gasteiger partial charge on any atom is 0.237 e. The zero-order valence-electron chi connectivity index (χ0n) is 15.8. The number of rotatable bonds is 6. The summed E-state index contributed by atoms with van der Waals surface area (Å²) < 4.78 is 5.38. The van der Waals surface area contributed by atoms with E-state index in [1.165, 1.54) is 11.1 Å². The molecule has 6 heteroatoms. The zero-order chi connectivity index (χ0) is 18.5. The van der Waals surface area contributed by atoms with Gasteiger partial charge in [0.2, 0.25) is 5.91 Å². The highest BCUT2D eigenvalue weighted by Crippen LogP contribution is 2.21. The molecule has 3 N–H and O–H groups in total. The second-order valence-corrected chi connectivity index (χ2v) is 7.56. The van der Waals surface area contributed by atoms with Crippen molar-refractivity contribution < 1.29 is 14.6 Å². The standard InChI is InChI=1S/C20H31N3O3/c1-14-10-17(12-19(24)26-14)23(2)9-5-8-21-20(25)18-11-15-6-3-4-7-16(15)13-22-18/h3-4,6-7,14,17-19,22,24H,5,8-13H2,1-2H3,(H,21,25)/t14-,17+,18+,19-/m1/s1. The van der Waals surface area contributed by atoms with E-state index in [0.29, 0.717) is 19.0 Å². The molecule has 0 radical (unpaired) electrons. The summed E-state index contributed by atoms with van der Waals surface area (Å²) in [5, 5.41) is 16.1. The Hall–Kier alpha value is -1.47. The van der Waals surface area contributed by atoms with E-state index < -0.39 is 6.29 Å². The third-order valence-corrected chi connectivity index (χ3v) is 5.48. The molecule has 1 aromatic carbocycles. The van der Waals surface area contributed by atoms with Gasteiger partial charge in [0.1, 0.15) is 0 Å². The first kappa shape index (κ1) is 19.3. The zero-order valence-corrected chi connectivity index (χ0v) is 15.8. The van der Waals surface area contributed by atoms with Gasteiger partial charge >= 0.3 is 0 Å². The number of aliphatic hydroxyl groups excluding tert-OH is 1. The molecule has 0 aliphatic carbocycles. The summed E-state index contributed by atoms with van der Waals surface area (Å²) in [7, 11) is 2.08. The SMILES string of the molecule is C[C@@H]1C[C@H](N(C)CCCNC(=O)[C@@H]2Cc3ccccc3CN2)C[C@H](O)O1. The first-order valence-electron chi connectivity index (χ1n) is 9.64. The molecule has 2 heterocycles. The average Bonchev–Trinajstić information content (AvgIpc) is 2.63. The predicted octanol–water partition coefficient (Wildman–Crippen LogP) is 1.02. The van der Waals surface area contributed by atoms with Gasteiger partial charge in [0, 0.05) is 25.6 Å². The van der Waals surface area contributed by atoms with Gasteiger partial charge in [-0.05, 0) is 50.9 Å². The number of amides is 1. The normalized spacial score (nSPS) is 28.6. The van der Waals surface area contributed by atoms with Crippen LogP contribution in [0.15, 0.2) is 24.3 Å². The molecule has 0 saturated carbocycles. The lowest BCUT2D eigenvalue weighted by Crippen LogP contribution is -2.48. The Bertz CT molecular complexity index is 600. The third-order valence-electron chi connectivity index (χ3n) is 5.48. The number of carbonyl (C=O) groups excluding carboxylic acids is 1. The molecule has 26 heavy (non-hydrogen) atoms. The highest BCUT2D eigenvalue weighted by atomic mass is 16.6. The molecular formula is C20H31N3O3. The van der Waals surface area contributed by atoms with Crippen molar-refractivity contribution in [1.29, 1.82) is 0 Å². The van der Waals surface area contributed by atoms with Gasteiger partial charge in [0.05, 0.1) is 12.1 Å². The smallest absolute Gasteiger partial charge is 0.237 e. The van der Waals surface area contributed by atoms with E-state index in [2.05, 4.69) is 34.7 Å². The summed E-state index contributed by atoms with van der Waals surface area (Å²) >= 11 is 0. The van der Waals surface area contributed by atoms with Gasteiger partial charge < -0.3 is 25.4 Å². The summed E-state index contributed by atoms with van der Waals surface area (Å²) in [5.74, 6) is 0.0808. The van der Waals surface area contributed by atoms with E-state index >= 15 is 0 Å². The second-order valence-electron chi connectivity index (χ2n) is 7.56. The minimum absolute atomic E-state index is 0.0808. The molecule has 0 aromatic heterocycles. The van der Waals surface area contributed by atoms with Gasteiger partial charge in [-0.2, -0.15) is 0 Å². The Labute approximate surface area is 155 Å². The highest BCUT2D eigenvalue weighted by Gasteiger charge is 2.28. The lowest BCUT2D eigenvalue weighted by Gasteiger charge is -2.36. The molecule has 1 amide bonds. The van der Waals surface area contributed by atoms with Crippen LogP contribution in [0.25, 0.3) is 0 Å². The van der Waals surface area contributed by atoms with Gasteiger partial charge in [-0.3, -0.25) is 4.79 Å². The number of aliphatic hydroxyl groups is 1. The van der Waals surface area contributed by atoms with Crippen molar-refractivity contribution in [3.05, 3.63) is 35.4 Å². The number of ether oxygens (including phenoxy) is 1. The van der Waals surface area contributed by atoms with Crippen LogP contribution >= 0.6 is 0 Å². The van der Waals surface area contributed by atoms with Crippen molar-refractivity contribution in [2.75, 3.05) is 20.1 Å². The largest absolute Gasteiger partial charge is 0.368 e. The predicted molar refractivity (Wildman–Crippen MR) is 101 cm³/mol. The number of hydrogen-bond donors (Lipinski definition) is 3. The average molecular weight is 361 g/mol. The van der Waals surface area contributed by atoms with E-state index in [9.17, 15) is 9.90 Å². The van der Waals surface area contributed by atoms with Crippen LogP contribution in [0.5, 0.6) is 0 Å². The van der Waals surface area contributed by atoms with Gasteiger partial charge in [-0.25, -0.2) is 0 Å². The minimum atomic E-state index is -0.661. The van der Waals surface area contributed by atoms with Crippen LogP contribution in [0.3, 0.4) is 0 Å². The van der Waals surface area contributed by atoms with Crippen molar-refractivity contribution in [3.8, 4) is 0 Å². The van der Waals surface area contributed by atoms with Crippen molar-refractivity contribution >= 4 is 5.91 Å². The maximum atomic E-state index is 12.4. The van der Waals surface area contributed by atoms with Crippen molar-refractivity contribution in [2.45, 2.75) is 63.6 Å². The van der Waals surface area contributed by atoms with Crippen LogP contribution in [0.4, 0.5) is 0 Å². The molecule has 2 aliphatic heterocycles. The number of fused-ring (bicyclic) bond motifs is 1. The molecule has 1 fully saturated rings. The lowest BCUT2D eigenvalue weighted by atomic mass is 9.95. The van der Waals surface area contributed by atoms with Crippen molar-refractivity contribution in [1.82, 2.24) is 15.5 Å².